The van der Waals surface area contributed by atoms with Crippen LogP contribution in [0.15, 0.2) is 36.5 Å². The van der Waals surface area contributed by atoms with Crippen molar-refractivity contribution in [1.82, 2.24) is 25.2 Å². The summed E-state index contributed by atoms with van der Waals surface area (Å²) >= 11 is 0. The third kappa shape index (κ3) is 4.40. The Labute approximate surface area is 206 Å². The molecule has 3 fully saturated rings. The van der Waals surface area contributed by atoms with E-state index in [4.69, 9.17) is 5.10 Å². The lowest BCUT2D eigenvalue weighted by molar-refractivity contribution is 0.154. The van der Waals surface area contributed by atoms with E-state index in [0.29, 0.717) is 16.9 Å². The Kier molecular flexibility index (Phi) is 5.92. The van der Waals surface area contributed by atoms with Gasteiger partial charge in [-0.15, -0.1) is 5.10 Å². The second-order valence-corrected chi connectivity index (χ2v) is 10.1. The number of hydrogen-bond acceptors (Lipinski definition) is 8. The Balaban J connectivity index is 1.22. The molecule has 9 heteroatoms. The molecule has 3 aromatic rings. The molecule has 2 aromatic heterocycles. The van der Waals surface area contributed by atoms with Gasteiger partial charge in [0.15, 0.2) is 0 Å². The van der Waals surface area contributed by atoms with Crippen molar-refractivity contribution in [3.8, 4) is 6.07 Å². The van der Waals surface area contributed by atoms with Gasteiger partial charge in [0.2, 0.25) is 5.95 Å². The maximum absolute atomic E-state index is 9.86. The van der Waals surface area contributed by atoms with E-state index in [1.165, 1.54) is 31.4 Å². The number of piperazine rings is 1. The number of nitrogens with zero attached hydrogens (tertiary/aromatic N) is 6. The van der Waals surface area contributed by atoms with Crippen molar-refractivity contribution < 1.29 is 0 Å². The Hall–Kier alpha value is -3.35. The lowest BCUT2D eigenvalue weighted by Crippen LogP contribution is -2.46. The Bertz CT molecular complexity index is 1200. The van der Waals surface area contributed by atoms with Crippen LogP contribution in [0.2, 0.25) is 0 Å². The fourth-order valence-corrected chi connectivity index (χ4v) is 5.86. The summed E-state index contributed by atoms with van der Waals surface area (Å²) in [5.74, 6) is 1.42. The molecule has 0 aliphatic carbocycles. The minimum atomic E-state index is 0.459. The molecule has 0 atom stereocenters. The van der Waals surface area contributed by atoms with Gasteiger partial charge in [0.1, 0.15) is 11.9 Å². The van der Waals surface area contributed by atoms with E-state index in [1.54, 1.807) is 6.20 Å². The van der Waals surface area contributed by atoms with E-state index in [2.05, 4.69) is 61.1 Å². The third-order valence-electron chi connectivity index (χ3n) is 8.01. The van der Waals surface area contributed by atoms with Gasteiger partial charge in [-0.2, -0.15) is 5.26 Å². The monoisotopic (exact) mass is 471 g/mol. The number of piperidine rings is 2. The zero-order valence-electron chi connectivity index (χ0n) is 20.1. The molecular formula is C26H33N9. The summed E-state index contributed by atoms with van der Waals surface area (Å²) in [7, 11) is 0. The second-order valence-electron chi connectivity index (χ2n) is 10.1. The molecule has 0 radical (unpaired) electrons. The zero-order valence-corrected chi connectivity index (χ0v) is 20.1. The largest absolute Gasteiger partial charge is 0.369 e. The van der Waals surface area contributed by atoms with Crippen LogP contribution in [0.25, 0.3) is 5.52 Å². The van der Waals surface area contributed by atoms with Crippen LogP contribution in [0.1, 0.15) is 31.2 Å². The number of aromatic nitrogens is 3. The number of fused-ring (bicyclic) bond motifs is 1. The summed E-state index contributed by atoms with van der Waals surface area (Å²) in [5, 5.41) is 24.9. The Morgan fingerprint density at radius 1 is 0.886 bits per heavy atom. The van der Waals surface area contributed by atoms with Crippen molar-refractivity contribution >= 4 is 28.7 Å². The summed E-state index contributed by atoms with van der Waals surface area (Å²) in [6.07, 6.45) is 6.65. The van der Waals surface area contributed by atoms with Gasteiger partial charge in [-0.25, -0.2) is 9.50 Å². The van der Waals surface area contributed by atoms with Crippen molar-refractivity contribution in [2.45, 2.75) is 25.7 Å². The molecule has 35 heavy (non-hydrogen) atoms. The number of benzene rings is 1. The summed E-state index contributed by atoms with van der Waals surface area (Å²) < 4.78 is 1.89. The van der Waals surface area contributed by atoms with E-state index < -0.39 is 0 Å². The minimum Gasteiger partial charge on any atom is -0.369 e. The maximum Gasteiger partial charge on any atom is 0.245 e. The molecule has 0 saturated carbocycles. The second kappa shape index (κ2) is 9.36. The van der Waals surface area contributed by atoms with Gasteiger partial charge >= 0.3 is 0 Å². The first-order valence-corrected chi connectivity index (χ1v) is 12.8. The topological polar surface area (TPSA) is 96.5 Å². The van der Waals surface area contributed by atoms with E-state index in [0.717, 1.165) is 69.4 Å². The van der Waals surface area contributed by atoms with Crippen molar-refractivity contribution in [2.24, 2.45) is 5.41 Å². The van der Waals surface area contributed by atoms with Crippen LogP contribution in [0.3, 0.4) is 0 Å². The van der Waals surface area contributed by atoms with Crippen molar-refractivity contribution in [3.05, 3.63) is 42.1 Å². The molecule has 6 rings (SSSR count). The molecule has 3 N–H and O–H groups in total. The number of nitrogens with one attached hydrogen (secondary N) is 3. The van der Waals surface area contributed by atoms with E-state index in [9.17, 15) is 5.26 Å². The highest BCUT2D eigenvalue weighted by Gasteiger charge is 2.36. The molecule has 0 bridgehead atoms. The lowest BCUT2D eigenvalue weighted by Gasteiger charge is -2.45. The highest BCUT2D eigenvalue weighted by atomic mass is 15.4. The Morgan fingerprint density at radius 3 is 2.31 bits per heavy atom. The van der Waals surface area contributed by atoms with Gasteiger partial charge in [0, 0.05) is 50.6 Å². The lowest BCUT2D eigenvalue weighted by atomic mass is 9.71. The smallest absolute Gasteiger partial charge is 0.245 e. The molecule has 5 heterocycles. The number of rotatable bonds is 4. The van der Waals surface area contributed by atoms with Crippen LogP contribution >= 0.6 is 0 Å². The normalized spacial score (nSPS) is 20.2. The van der Waals surface area contributed by atoms with Crippen molar-refractivity contribution in [2.75, 3.05) is 67.5 Å². The first-order chi connectivity index (χ1) is 17.2. The predicted molar refractivity (Wildman–Crippen MR) is 138 cm³/mol. The molecule has 182 valence electrons. The van der Waals surface area contributed by atoms with Gasteiger partial charge < -0.3 is 25.8 Å². The van der Waals surface area contributed by atoms with Crippen LogP contribution in [-0.4, -0.2) is 67.0 Å². The highest BCUT2D eigenvalue weighted by Crippen LogP contribution is 2.41. The summed E-state index contributed by atoms with van der Waals surface area (Å²) in [6, 6.07) is 12.7. The summed E-state index contributed by atoms with van der Waals surface area (Å²) in [5.41, 5.74) is 4.15. The molecule has 3 aliphatic heterocycles. The fraction of sp³-hybridized carbons (Fsp3) is 0.500. The van der Waals surface area contributed by atoms with E-state index >= 15 is 0 Å². The number of nitriles is 1. The average Bonchev–Trinajstić information content (AvgIpc) is 3.28. The first kappa shape index (κ1) is 22.1. The van der Waals surface area contributed by atoms with Gasteiger partial charge in [0.05, 0.1) is 17.3 Å². The molecule has 9 nitrogen and oxygen atoms in total. The molecular weight excluding hydrogens is 438 g/mol. The molecule has 0 amide bonds. The van der Waals surface area contributed by atoms with Gasteiger partial charge in [-0.3, -0.25) is 0 Å². The maximum atomic E-state index is 9.86. The molecule has 3 saturated heterocycles. The predicted octanol–water partition coefficient (Wildman–Crippen LogP) is 2.72. The summed E-state index contributed by atoms with van der Waals surface area (Å²) in [4.78, 5) is 9.26. The van der Waals surface area contributed by atoms with Crippen molar-refractivity contribution in [1.29, 1.82) is 5.26 Å². The highest BCUT2D eigenvalue weighted by molar-refractivity contribution is 5.68. The van der Waals surface area contributed by atoms with E-state index in [1.807, 2.05) is 10.6 Å². The Morgan fingerprint density at radius 2 is 1.60 bits per heavy atom. The first-order valence-electron chi connectivity index (χ1n) is 12.8. The minimum absolute atomic E-state index is 0.459. The number of anilines is 4. The summed E-state index contributed by atoms with van der Waals surface area (Å²) in [6.45, 7) is 8.26. The van der Waals surface area contributed by atoms with Crippen LogP contribution in [0, 0.1) is 16.7 Å². The van der Waals surface area contributed by atoms with Crippen molar-refractivity contribution in [3.63, 3.8) is 0 Å². The number of hydrogen-bond donors (Lipinski definition) is 3. The quantitative estimate of drug-likeness (QED) is 0.535. The van der Waals surface area contributed by atoms with Crippen LogP contribution < -0.4 is 25.8 Å². The van der Waals surface area contributed by atoms with Crippen LogP contribution in [-0.2, 0) is 0 Å². The van der Waals surface area contributed by atoms with Gasteiger partial charge in [0.25, 0.3) is 0 Å². The zero-order chi connectivity index (χ0) is 23.7. The van der Waals surface area contributed by atoms with Gasteiger partial charge in [-0.1, -0.05) is 0 Å². The third-order valence-corrected chi connectivity index (χ3v) is 8.01. The SMILES string of the molecule is N#Cc1cc2cnc(Nc3ccc(N4CCNCC4)cc3)nn2c1N1CCC2(CCNCC2)CC1. The molecule has 1 spiro atoms. The van der Waals surface area contributed by atoms with Gasteiger partial charge in [-0.05, 0) is 74.5 Å². The van der Waals surface area contributed by atoms with Crippen LogP contribution in [0.5, 0.6) is 0 Å². The average molecular weight is 472 g/mol. The standard InChI is InChI=1S/C26H33N9/c27-18-20-17-23-19-30-25(31-21-1-3-22(4-2-21)33-15-11-29-12-16-33)32-35(23)24(20)34-13-7-26(8-14-34)5-9-28-10-6-26/h1-4,17,19,28-29H,5-16H2,(H,31,32). The van der Waals surface area contributed by atoms with Crippen LogP contribution in [0.4, 0.5) is 23.1 Å². The fourth-order valence-electron chi connectivity index (χ4n) is 5.86. The molecule has 1 aromatic carbocycles. The molecule has 0 unspecified atom stereocenters. The molecule has 3 aliphatic rings. The van der Waals surface area contributed by atoms with E-state index in [-0.39, 0.29) is 0 Å².